The van der Waals surface area contributed by atoms with Gasteiger partial charge in [-0.2, -0.15) is 0 Å². The molecule has 0 atom stereocenters. The number of fused-ring (bicyclic) bond motifs is 1. The molecular formula is C32H36O12. The summed E-state index contributed by atoms with van der Waals surface area (Å²) in [5.74, 6) is 2.23. The highest BCUT2D eigenvalue weighted by molar-refractivity contribution is 6.42. The predicted molar refractivity (Wildman–Crippen MR) is 159 cm³/mol. The molecule has 236 valence electrons. The number of benzene rings is 3. The topological polar surface area (TPSA) is 119 Å². The maximum Gasteiger partial charge on any atom is 0.195 e. The molecule has 0 heterocycles. The lowest BCUT2D eigenvalue weighted by Crippen LogP contribution is -2.06. The lowest BCUT2D eigenvalue weighted by molar-refractivity contribution is 0.0455. The minimum absolute atomic E-state index is 0.0113. The van der Waals surface area contributed by atoms with Crippen LogP contribution in [0.4, 0.5) is 0 Å². The van der Waals surface area contributed by atoms with E-state index < -0.39 is 0 Å². The van der Waals surface area contributed by atoms with Gasteiger partial charge in [0.2, 0.25) is 0 Å². The second-order valence-electron chi connectivity index (χ2n) is 9.24. The van der Waals surface area contributed by atoms with Crippen molar-refractivity contribution in [2.24, 2.45) is 0 Å². The fourth-order valence-corrected chi connectivity index (χ4v) is 4.61. The van der Waals surface area contributed by atoms with Crippen LogP contribution in [0.3, 0.4) is 0 Å². The first-order chi connectivity index (χ1) is 21.5. The van der Waals surface area contributed by atoms with Crippen LogP contribution in [0, 0.1) is 0 Å². The van der Waals surface area contributed by atoms with Gasteiger partial charge < -0.3 is 52.1 Å². The second kappa shape index (κ2) is 15.9. The van der Waals surface area contributed by atoms with E-state index in [0.29, 0.717) is 67.9 Å². The number of hydrogen-bond acceptors (Lipinski definition) is 12. The van der Waals surface area contributed by atoms with Crippen molar-refractivity contribution >= 4 is 16.9 Å². The molecule has 0 radical (unpaired) electrons. The zero-order valence-corrected chi connectivity index (χ0v) is 25.6. The van der Waals surface area contributed by atoms with Crippen LogP contribution in [0.25, 0.3) is 11.1 Å². The molecule has 1 aliphatic carbocycles. The van der Waals surface area contributed by atoms with Gasteiger partial charge in [0, 0.05) is 70.0 Å². The number of allylic oxidation sites excluding steroid dienone is 1. The number of ketones is 1. The van der Waals surface area contributed by atoms with Crippen molar-refractivity contribution in [3.8, 4) is 34.5 Å². The van der Waals surface area contributed by atoms with Crippen LogP contribution in [-0.4, -0.2) is 82.4 Å². The maximum atomic E-state index is 14.4. The van der Waals surface area contributed by atoms with Gasteiger partial charge in [-0.1, -0.05) is 6.07 Å². The summed E-state index contributed by atoms with van der Waals surface area (Å²) in [5, 5.41) is 0. The third-order valence-corrected chi connectivity index (χ3v) is 6.36. The predicted octanol–water partition coefficient (Wildman–Crippen LogP) is 4.76. The van der Waals surface area contributed by atoms with E-state index in [4.69, 9.17) is 52.1 Å². The number of carbonyl (C=O) groups excluding carboxylic acids is 1. The molecule has 0 N–H and O–H groups in total. The Hall–Kier alpha value is -4.33. The molecule has 0 amide bonds. The first-order valence-electron chi connectivity index (χ1n) is 13.4. The van der Waals surface area contributed by atoms with Gasteiger partial charge in [-0.3, -0.25) is 4.79 Å². The Kier molecular flexibility index (Phi) is 11.8. The average molecular weight is 613 g/mol. The van der Waals surface area contributed by atoms with Crippen molar-refractivity contribution < 1.29 is 56.9 Å². The van der Waals surface area contributed by atoms with Crippen molar-refractivity contribution in [1.82, 2.24) is 0 Å². The summed E-state index contributed by atoms with van der Waals surface area (Å²) >= 11 is 0. The second-order valence-corrected chi connectivity index (χ2v) is 9.24. The van der Waals surface area contributed by atoms with E-state index in [-0.39, 0.29) is 39.7 Å². The monoisotopic (exact) mass is 612 g/mol. The van der Waals surface area contributed by atoms with E-state index in [0.717, 1.165) is 0 Å². The van der Waals surface area contributed by atoms with Crippen molar-refractivity contribution in [3.05, 3.63) is 70.8 Å². The highest BCUT2D eigenvalue weighted by Gasteiger charge is 2.36. The molecule has 0 saturated heterocycles. The Morgan fingerprint density at radius 1 is 0.477 bits per heavy atom. The standard InChI is InChI=1S/C32H36O12/c1-34-15-40-22-9-21(10-23(12-22)41-16-35-2)30-29(20-7-8-26(43-18-37-4)27(11-20)39-6)31-25(32(30)33)13-24(42-17-36-3)14-28(31)44-19-38-5/h7-14H,15-19H2,1-6H3. The molecule has 0 saturated carbocycles. The first-order valence-corrected chi connectivity index (χ1v) is 13.4. The third-order valence-electron chi connectivity index (χ3n) is 6.36. The Labute approximate surface area is 255 Å². The summed E-state index contributed by atoms with van der Waals surface area (Å²) in [4.78, 5) is 14.4. The molecule has 12 nitrogen and oxygen atoms in total. The van der Waals surface area contributed by atoms with Gasteiger partial charge in [0.15, 0.2) is 51.2 Å². The summed E-state index contributed by atoms with van der Waals surface area (Å²) in [6.45, 7) is -0.0869. The molecule has 0 bridgehead atoms. The SMILES string of the molecule is COCOc1cc(OCOC)cc(C2=C(c3ccc(OCOC)c(OC)c3)c3c(OCOC)cc(OCOC)cc3C2=O)c1. The van der Waals surface area contributed by atoms with Crippen LogP contribution < -0.4 is 28.4 Å². The van der Waals surface area contributed by atoms with Crippen LogP contribution in [0.15, 0.2) is 48.5 Å². The van der Waals surface area contributed by atoms with Crippen LogP contribution in [0.2, 0.25) is 0 Å². The van der Waals surface area contributed by atoms with E-state index >= 15 is 0 Å². The van der Waals surface area contributed by atoms with Crippen molar-refractivity contribution in [1.29, 1.82) is 0 Å². The van der Waals surface area contributed by atoms with Gasteiger partial charge in [0.05, 0.1) is 7.11 Å². The van der Waals surface area contributed by atoms with Crippen LogP contribution in [0.5, 0.6) is 34.5 Å². The Morgan fingerprint density at radius 2 is 1.00 bits per heavy atom. The normalized spacial score (nSPS) is 12.3. The maximum absolute atomic E-state index is 14.4. The van der Waals surface area contributed by atoms with Gasteiger partial charge in [0.25, 0.3) is 0 Å². The molecule has 1 aliphatic rings. The van der Waals surface area contributed by atoms with Crippen LogP contribution in [-0.2, 0) is 23.7 Å². The molecular weight excluding hydrogens is 576 g/mol. The summed E-state index contributed by atoms with van der Waals surface area (Å²) < 4.78 is 60.1. The zero-order chi connectivity index (χ0) is 31.5. The summed E-state index contributed by atoms with van der Waals surface area (Å²) in [6, 6.07) is 13.9. The number of carbonyl (C=O) groups is 1. The van der Waals surface area contributed by atoms with Crippen LogP contribution >= 0.6 is 0 Å². The van der Waals surface area contributed by atoms with Crippen LogP contribution in [0.1, 0.15) is 27.0 Å². The summed E-state index contributed by atoms with van der Waals surface area (Å²) in [7, 11) is 9.11. The van der Waals surface area contributed by atoms with E-state index in [9.17, 15) is 4.79 Å². The van der Waals surface area contributed by atoms with Gasteiger partial charge in [-0.05, 0) is 41.5 Å². The summed E-state index contributed by atoms with van der Waals surface area (Å²) in [5.41, 5.74) is 3.02. The number of rotatable bonds is 18. The van der Waals surface area contributed by atoms with Crippen molar-refractivity contribution in [3.63, 3.8) is 0 Å². The minimum Gasteiger partial charge on any atom is -0.493 e. The van der Waals surface area contributed by atoms with Gasteiger partial charge >= 0.3 is 0 Å². The molecule has 0 aromatic heterocycles. The fraction of sp³-hybridized carbons (Fsp3) is 0.344. The molecule has 0 unspecified atom stereocenters. The molecule has 3 aromatic carbocycles. The Balaban J connectivity index is 2.01. The zero-order valence-electron chi connectivity index (χ0n) is 25.6. The fourth-order valence-electron chi connectivity index (χ4n) is 4.61. The molecule has 0 aliphatic heterocycles. The highest BCUT2D eigenvalue weighted by Crippen LogP contribution is 2.49. The van der Waals surface area contributed by atoms with E-state index in [2.05, 4.69) is 0 Å². The summed E-state index contributed by atoms with van der Waals surface area (Å²) in [6.07, 6.45) is 0. The first kappa shape index (κ1) is 32.6. The Morgan fingerprint density at radius 3 is 1.55 bits per heavy atom. The molecule has 0 fully saturated rings. The molecule has 3 aromatic rings. The quantitative estimate of drug-likeness (QED) is 0.184. The average Bonchev–Trinajstić information content (AvgIpc) is 3.35. The van der Waals surface area contributed by atoms with Crippen molar-refractivity contribution in [2.45, 2.75) is 0 Å². The molecule has 0 spiro atoms. The van der Waals surface area contributed by atoms with Gasteiger partial charge in [-0.15, -0.1) is 0 Å². The van der Waals surface area contributed by atoms with Gasteiger partial charge in [-0.25, -0.2) is 0 Å². The largest absolute Gasteiger partial charge is 0.493 e. The van der Waals surface area contributed by atoms with E-state index in [1.165, 1.54) is 42.7 Å². The number of ether oxygens (including phenoxy) is 11. The lowest BCUT2D eigenvalue weighted by atomic mass is 9.93. The molecule has 4 rings (SSSR count). The minimum atomic E-state index is -0.277. The highest BCUT2D eigenvalue weighted by atomic mass is 16.7. The van der Waals surface area contributed by atoms with E-state index in [1.54, 1.807) is 42.5 Å². The number of methoxy groups -OCH3 is 6. The van der Waals surface area contributed by atoms with E-state index in [1.807, 2.05) is 6.07 Å². The molecule has 12 heteroatoms. The lowest BCUT2D eigenvalue weighted by Gasteiger charge is -2.17. The Bertz CT molecular complexity index is 1440. The molecule has 44 heavy (non-hydrogen) atoms. The number of Topliss-reactive ketones (excluding diaryl/α,β-unsaturated/α-hetero) is 1. The van der Waals surface area contributed by atoms with Gasteiger partial charge in [0.1, 0.15) is 23.0 Å². The van der Waals surface area contributed by atoms with Crippen molar-refractivity contribution in [2.75, 3.05) is 76.6 Å². The third kappa shape index (κ3) is 7.41. The number of hydrogen-bond donors (Lipinski definition) is 0. The smallest absolute Gasteiger partial charge is 0.195 e.